The number of rotatable bonds is 8. The van der Waals surface area contributed by atoms with Crippen LogP contribution in [-0.4, -0.2) is 34.4 Å². The maximum Gasteiger partial charge on any atom is 0.238 e. The third-order valence-electron chi connectivity index (χ3n) is 4.00. The Kier molecular flexibility index (Phi) is 6.71. The largest absolute Gasteiger partial charge is 0.495 e. The molecule has 0 saturated heterocycles. The van der Waals surface area contributed by atoms with Crippen LogP contribution >= 0.6 is 11.3 Å². The van der Waals surface area contributed by atoms with Gasteiger partial charge in [-0.25, -0.2) is 14.2 Å². The highest BCUT2D eigenvalue weighted by Gasteiger charge is 2.17. The van der Waals surface area contributed by atoms with Gasteiger partial charge < -0.3 is 14.8 Å². The van der Waals surface area contributed by atoms with Crippen molar-refractivity contribution in [3.63, 3.8) is 0 Å². The minimum absolute atomic E-state index is 0.297. The van der Waals surface area contributed by atoms with Crippen molar-refractivity contribution in [3.05, 3.63) is 42.2 Å². The summed E-state index contributed by atoms with van der Waals surface area (Å²) in [5, 5.41) is 4.20. The standard InChI is InChI=1S/C20H24N4O3S2/c1-12(2)22-20-23-13(3)18(28-20)14-8-9-16(26-4)17(11-14)29(25)24-15-7-6-10-21-19(15)27-5/h6-12,24H,1-5H3,(H,22,23). The van der Waals surface area contributed by atoms with E-state index in [1.165, 1.54) is 7.11 Å². The topological polar surface area (TPSA) is 85.4 Å². The molecule has 3 aromatic rings. The van der Waals surface area contributed by atoms with Crippen molar-refractivity contribution in [1.82, 2.24) is 9.97 Å². The molecule has 0 radical (unpaired) electrons. The van der Waals surface area contributed by atoms with E-state index in [9.17, 15) is 4.21 Å². The summed E-state index contributed by atoms with van der Waals surface area (Å²) in [6.07, 6.45) is 1.61. The highest BCUT2D eigenvalue weighted by atomic mass is 32.2. The summed E-state index contributed by atoms with van der Waals surface area (Å²) in [6, 6.07) is 9.44. The second-order valence-corrected chi connectivity index (χ2v) is 8.71. The monoisotopic (exact) mass is 432 g/mol. The molecule has 0 aliphatic carbocycles. The second kappa shape index (κ2) is 9.23. The van der Waals surface area contributed by atoms with E-state index in [4.69, 9.17) is 9.47 Å². The zero-order valence-electron chi connectivity index (χ0n) is 17.0. The lowest BCUT2D eigenvalue weighted by Crippen LogP contribution is -2.08. The van der Waals surface area contributed by atoms with E-state index in [-0.39, 0.29) is 0 Å². The number of aromatic nitrogens is 2. The molecule has 1 atom stereocenters. The number of anilines is 2. The van der Waals surface area contributed by atoms with Crippen LogP contribution in [0.4, 0.5) is 10.8 Å². The quantitative estimate of drug-likeness (QED) is 0.546. The van der Waals surface area contributed by atoms with Crippen molar-refractivity contribution in [2.24, 2.45) is 0 Å². The molecule has 2 heterocycles. The van der Waals surface area contributed by atoms with Crippen LogP contribution in [0.15, 0.2) is 41.4 Å². The van der Waals surface area contributed by atoms with Crippen LogP contribution in [0.25, 0.3) is 10.4 Å². The Balaban J connectivity index is 1.95. The van der Waals surface area contributed by atoms with E-state index in [1.54, 1.807) is 36.8 Å². The maximum absolute atomic E-state index is 13.1. The minimum Gasteiger partial charge on any atom is -0.495 e. The van der Waals surface area contributed by atoms with Gasteiger partial charge in [0.2, 0.25) is 5.88 Å². The molecule has 3 rings (SSSR count). The molecule has 2 aromatic heterocycles. The molecule has 1 unspecified atom stereocenters. The van der Waals surface area contributed by atoms with Crippen LogP contribution in [0.5, 0.6) is 11.6 Å². The lowest BCUT2D eigenvalue weighted by Gasteiger charge is -2.13. The number of ether oxygens (including phenoxy) is 2. The molecule has 0 saturated carbocycles. The summed E-state index contributed by atoms with van der Waals surface area (Å²) in [6.45, 7) is 6.11. The fourth-order valence-electron chi connectivity index (χ4n) is 2.72. The molecule has 0 spiro atoms. The third kappa shape index (κ3) is 4.86. The van der Waals surface area contributed by atoms with Gasteiger partial charge in [-0.3, -0.25) is 4.72 Å². The number of nitrogens with zero attached hydrogens (tertiary/aromatic N) is 2. The molecule has 2 N–H and O–H groups in total. The highest BCUT2D eigenvalue weighted by Crippen LogP contribution is 2.36. The van der Waals surface area contributed by atoms with Crippen molar-refractivity contribution in [1.29, 1.82) is 0 Å². The van der Waals surface area contributed by atoms with Crippen LogP contribution in [-0.2, 0) is 11.0 Å². The SMILES string of the molecule is COc1ccc(-c2sc(NC(C)C)nc2C)cc1S(=O)Nc1cccnc1OC. The molecule has 0 fully saturated rings. The number of hydrogen-bond donors (Lipinski definition) is 2. The normalized spacial score (nSPS) is 11.9. The van der Waals surface area contributed by atoms with Crippen LogP contribution in [0.2, 0.25) is 0 Å². The number of pyridine rings is 1. The zero-order chi connectivity index (χ0) is 21.0. The Morgan fingerprint density at radius 3 is 2.66 bits per heavy atom. The Hall–Kier alpha value is -2.65. The minimum atomic E-state index is -1.58. The van der Waals surface area contributed by atoms with Crippen molar-refractivity contribution in [2.75, 3.05) is 24.3 Å². The van der Waals surface area contributed by atoms with Gasteiger partial charge in [0, 0.05) is 12.2 Å². The second-order valence-electron chi connectivity index (χ2n) is 6.53. The van der Waals surface area contributed by atoms with Gasteiger partial charge in [0.25, 0.3) is 0 Å². The lowest BCUT2D eigenvalue weighted by atomic mass is 10.1. The Morgan fingerprint density at radius 1 is 1.17 bits per heavy atom. The van der Waals surface area contributed by atoms with Gasteiger partial charge in [-0.1, -0.05) is 11.3 Å². The Labute approximate surface area is 177 Å². The number of nitrogens with one attached hydrogen (secondary N) is 2. The summed E-state index contributed by atoms with van der Waals surface area (Å²) in [5.41, 5.74) is 2.39. The number of hydrogen-bond acceptors (Lipinski definition) is 7. The van der Waals surface area contributed by atoms with E-state index >= 15 is 0 Å². The first-order valence-electron chi connectivity index (χ1n) is 9.02. The highest BCUT2D eigenvalue weighted by molar-refractivity contribution is 7.86. The van der Waals surface area contributed by atoms with Crippen LogP contribution in [0, 0.1) is 6.92 Å². The predicted molar refractivity (Wildman–Crippen MR) is 118 cm³/mol. The molecule has 0 bridgehead atoms. The van der Waals surface area contributed by atoms with E-state index in [1.807, 2.05) is 25.1 Å². The molecule has 0 amide bonds. The van der Waals surface area contributed by atoms with E-state index in [0.717, 1.165) is 21.3 Å². The van der Waals surface area contributed by atoms with E-state index < -0.39 is 11.0 Å². The van der Waals surface area contributed by atoms with Gasteiger partial charge in [0.05, 0.1) is 24.8 Å². The number of aryl methyl sites for hydroxylation is 1. The van der Waals surface area contributed by atoms with E-state index in [0.29, 0.717) is 28.3 Å². The maximum atomic E-state index is 13.1. The zero-order valence-corrected chi connectivity index (χ0v) is 18.6. The molecule has 9 heteroatoms. The van der Waals surface area contributed by atoms with Crippen molar-refractivity contribution < 1.29 is 13.7 Å². The van der Waals surface area contributed by atoms with Gasteiger partial charge in [-0.2, -0.15) is 0 Å². The molecule has 1 aromatic carbocycles. The molecular formula is C20H24N4O3S2. The van der Waals surface area contributed by atoms with Crippen LogP contribution in [0.1, 0.15) is 19.5 Å². The van der Waals surface area contributed by atoms with Crippen molar-refractivity contribution >= 4 is 33.1 Å². The Bertz CT molecular complexity index is 1020. The first kappa shape index (κ1) is 21.1. The fraction of sp³-hybridized carbons (Fsp3) is 0.300. The molecule has 154 valence electrons. The van der Waals surface area contributed by atoms with Gasteiger partial charge >= 0.3 is 0 Å². The predicted octanol–water partition coefficient (Wildman–Crippen LogP) is 4.49. The molecular weight excluding hydrogens is 408 g/mol. The average Bonchev–Trinajstić information content (AvgIpc) is 3.07. The third-order valence-corrected chi connectivity index (χ3v) is 6.26. The number of thiazole rings is 1. The summed E-state index contributed by atoms with van der Waals surface area (Å²) < 4.78 is 26.7. The summed E-state index contributed by atoms with van der Waals surface area (Å²) in [7, 11) is 1.50. The van der Waals surface area contributed by atoms with Gasteiger partial charge in [0.15, 0.2) is 16.1 Å². The van der Waals surface area contributed by atoms with Gasteiger partial charge in [0.1, 0.15) is 16.3 Å². The first-order valence-corrected chi connectivity index (χ1v) is 11.0. The number of benzene rings is 1. The summed E-state index contributed by atoms with van der Waals surface area (Å²) >= 11 is 1.57. The van der Waals surface area contributed by atoms with Crippen LogP contribution in [0.3, 0.4) is 0 Å². The average molecular weight is 433 g/mol. The van der Waals surface area contributed by atoms with Crippen molar-refractivity contribution in [2.45, 2.75) is 31.7 Å². The fourth-order valence-corrected chi connectivity index (χ4v) is 4.86. The molecule has 7 nitrogen and oxygen atoms in total. The lowest BCUT2D eigenvalue weighted by molar-refractivity contribution is 0.400. The van der Waals surface area contributed by atoms with Gasteiger partial charge in [-0.15, -0.1) is 0 Å². The Morgan fingerprint density at radius 2 is 1.97 bits per heavy atom. The smallest absolute Gasteiger partial charge is 0.238 e. The van der Waals surface area contributed by atoms with Crippen LogP contribution < -0.4 is 19.5 Å². The number of methoxy groups -OCH3 is 2. The summed E-state index contributed by atoms with van der Waals surface area (Å²) in [5.74, 6) is 0.906. The first-order chi connectivity index (χ1) is 13.9. The van der Waals surface area contributed by atoms with Crippen molar-refractivity contribution in [3.8, 4) is 22.1 Å². The molecule has 0 aliphatic rings. The molecule has 29 heavy (non-hydrogen) atoms. The van der Waals surface area contributed by atoms with Gasteiger partial charge in [-0.05, 0) is 56.7 Å². The summed E-state index contributed by atoms with van der Waals surface area (Å²) in [4.78, 5) is 10.3. The molecule has 0 aliphatic heterocycles. The van der Waals surface area contributed by atoms with E-state index in [2.05, 4.69) is 33.9 Å².